The lowest BCUT2D eigenvalue weighted by Crippen LogP contribution is -2.40. The Labute approximate surface area is 229 Å². The molecule has 38 heavy (non-hydrogen) atoms. The molecule has 1 saturated heterocycles. The smallest absolute Gasteiger partial charge is 0.329 e. The fraction of sp³-hybridized carbons (Fsp3) is 0.452. The first-order valence-corrected chi connectivity index (χ1v) is 14.6. The normalized spacial score (nSPS) is 15.8. The van der Waals surface area contributed by atoms with Gasteiger partial charge in [0.05, 0.1) is 24.7 Å². The van der Waals surface area contributed by atoms with Gasteiger partial charge in [0.25, 0.3) is 0 Å². The number of nitrogens with zero attached hydrogens (tertiary/aromatic N) is 3. The van der Waals surface area contributed by atoms with Crippen molar-refractivity contribution in [3.63, 3.8) is 0 Å². The molecule has 1 atom stereocenters. The molecule has 202 valence electrons. The standard InChI is InChI=1S/C31H39N3O3S/c1-22(2)29(37-30-20-25(36-4)12-11-23(30)3)15-18-32-16-13-24(14-17-32)34-28-10-6-5-9-27(28)33(31(34)35)21-26-8-7-19-38-26/h5-12,19-20,22,24,29H,13-18,21H2,1-4H3. The van der Waals surface area contributed by atoms with Crippen LogP contribution in [-0.4, -0.2) is 46.9 Å². The summed E-state index contributed by atoms with van der Waals surface area (Å²) in [5.74, 6) is 2.13. The largest absolute Gasteiger partial charge is 0.497 e. The minimum atomic E-state index is 0.111. The molecule has 0 saturated carbocycles. The number of fused-ring (bicyclic) bond motifs is 1. The summed E-state index contributed by atoms with van der Waals surface area (Å²) >= 11 is 1.70. The molecule has 0 spiro atoms. The van der Waals surface area contributed by atoms with E-state index >= 15 is 0 Å². The highest BCUT2D eigenvalue weighted by Gasteiger charge is 2.26. The van der Waals surface area contributed by atoms with Gasteiger partial charge in [-0.05, 0) is 67.3 Å². The van der Waals surface area contributed by atoms with Crippen LogP contribution in [0.2, 0.25) is 0 Å². The molecule has 0 amide bonds. The van der Waals surface area contributed by atoms with E-state index in [0.717, 1.165) is 67.0 Å². The summed E-state index contributed by atoms with van der Waals surface area (Å²) in [6, 6.07) is 18.6. The molecular weight excluding hydrogens is 494 g/mol. The van der Waals surface area contributed by atoms with E-state index in [-0.39, 0.29) is 17.8 Å². The van der Waals surface area contributed by atoms with Gasteiger partial charge in [0.15, 0.2) is 0 Å². The molecule has 1 unspecified atom stereocenters. The van der Waals surface area contributed by atoms with Gasteiger partial charge in [-0.2, -0.15) is 0 Å². The number of ether oxygens (including phenoxy) is 2. The van der Waals surface area contributed by atoms with Gasteiger partial charge in [-0.1, -0.05) is 38.1 Å². The van der Waals surface area contributed by atoms with Gasteiger partial charge in [0.1, 0.15) is 17.6 Å². The minimum absolute atomic E-state index is 0.111. The summed E-state index contributed by atoms with van der Waals surface area (Å²) in [4.78, 5) is 17.4. The number of aryl methyl sites for hydroxylation is 1. The van der Waals surface area contributed by atoms with Crippen molar-refractivity contribution in [2.24, 2.45) is 5.92 Å². The lowest BCUT2D eigenvalue weighted by atomic mass is 10.0. The van der Waals surface area contributed by atoms with E-state index in [2.05, 4.69) is 59.9 Å². The van der Waals surface area contributed by atoms with E-state index < -0.39 is 0 Å². The number of benzene rings is 2. The van der Waals surface area contributed by atoms with Crippen molar-refractivity contribution < 1.29 is 9.47 Å². The molecular formula is C31H39N3O3S. The lowest BCUT2D eigenvalue weighted by Gasteiger charge is -2.34. The Hall–Kier alpha value is -3.03. The number of likely N-dealkylation sites (tertiary alicyclic amines) is 1. The van der Waals surface area contributed by atoms with E-state index in [0.29, 0.717) is 12.5 Å². The molecule has 2 aromatic heterocycles. The van der Waals surface area contributed by atoms with E-state index in [1.165, 1.54) is 4.88 Å². The van der Waals surface area contributed by atoms with Crippen LogP contribution in [0.1, 0.15) is 49.6 Å². The summed E-state index contributed by atoms with van der Waals surface area (Å²) in [5, 5.41) is 2.07. The van der Waals surface area contributed by atoms with Crippen molar-refractivity contribution in [1.29, 1.82) is 0 Å². The van der Waals surface area contributed by atoms with Crippen LogP contribution in [0.4, 0.5) is 0 Å². The Morgan fingerprint density at radius 2 is 1.79 bits per heavy atom. The first-order chi connectivity index (χ1) is 18.4. The van der Waals surface area contributed by atoms with Gasteiger partial charge in [-0.3, -0.25) is 9.13 Å². The number of rotatable bonds is 10. The maximum atomic E-state index is 13.6. The van der Waals surface area contributed by atoms with Crippen LogP contribution in [0, 0.1) is 12.8 Å². The molecule has 5 rings (SSSR count). The average Bonchev–Trinajstić information content (AvgIpc) is 3.54. The van der Waals surface area contributed by atoms with Gasteiger partial charge < -0.3 is 14.4 Å². The number of methoxy groups -OCH3 is 1. The zero-order chi connectivity index (χ0) is 26.6. The van der Waals surface area contributed by atoms with Crippen LogP contribution in [0.25, 0.3) is 11.0 Å². The van der Waals surface area contributed by atoms with E-state index in [9.17, 15) is 4.79 Å². The topological polar surface area (TPSA) is 48.6 Å². The predicted octanol–water partition coefficient (Wildman–Crippen LogP) is 6.36. The third-order valence-corrected chi connectivity index (χ3v) is 8.69. The molecule has 1 fully saturated rings. The summed E-state index contributed by atoms with van der Waals surface area (Å²) < 4.78 is 15.9. The molecule has 3 heterocycles. The molecule has 4 aromatic rings. The molecule has 0 aliphatic carbocycles. The molecule has 0 bridgehead atoms. The second-order valence-corrected chi connectivity index (χ2v) is 11.7. The number of imidazole rings is 1. The van der Waals surface area contributed by atoms with Crippen molar-refractivity contribution in [3.05, 3.63) is 80.9 Å². The number of hydrogen-bond donors (Lipinski definition) is 0. The molecule has 1 aliphatic heterocycles. The fourth-order valence-corrected chi connectivity index (χ4v) is 6.23. The fourth-order valence-electron chi connectivity index (χ4n) is 5.53. The first-order valence-electron chi connectivity index (χ1n) is 13.7. The lowest BCUT2D eigenvalue weighted by molar-refractivity contribution is 0.109. The van der Waals surface area contributed by atoms with E-state index in [1.54, 1.807) is 18.4 Å². The summed E-state index contributed by atoms with van der Waals surface area (Å²) in [6.45, 7) is 10.1. The number of para-hydroxylation sites is 2. The van der Waals surface area contributed by atoms with Gasteiger partial charge in [-0.15, -0.1) is 11.3 Å². The van der Waals surface area contributed by atoms with Crippen molar-refractivity contribution >= 4 is 22.4 Å². The van der Waals surface area contributed by atoms with Gasteiger partial charge in [-0.25, -0.2) is 4.79 Å². The van der Waals surface area contributed by atoms with Gasteiger partial charge in [0.2, 0.25) is 0 Å². The SMILES string of the molecule is COc1ccc(C)c(OC(CCN2CCC(n3c(=O)n(Cc4cccs4)c4ccccc43)CC2)C(C)C)c1. The Kier molecular flexibility index (Phi) is 8.24. The number of thiophene rings is 1. The van der Waals surface area contributed by atoms with Crippen molar-refractivity contribution in [3.8, 4) is 11.5 Å². The van der Waals surface area contributed by atoms with Crippen molar-refractivity contribution in [2.75, 3.05) is 26.7 Å². The average molecular weight is 534 g/mol. The third kappa shape index (κ3) is 5.69. The van der Waals surface area contributed by atoms with Crippen LogP contribution >= 0.6 is 11.3 Å². The van der Waals surface area contributed by atoms with E-state index in [1.807, 2.05) is 34.9 Å². The van der Waals surface area contributed by atoms with Crippen molar-refractivity contribution in [2.45, 2.75) is 58.7 Å². The zero-order valence-corrected chi connectivity index (χ0v) is 23.7. The Balaban J connectivity index is 1.24. The number of hydrogen-bond acceptors (Lipinski definition) is 5. The molecule has 0 N–H and O–H groups in total. The summed E-state index contributed by atoms with van der Waals surface area (Å²) in [7, 11) is 1.69. The van der Waals surface area contributed by atoms with Gasteiger partial charge in [0, 0.05) is 36.6 Å². The molecule has 2 aromatic carbocycles. The van der Waals surface area contributed by atoms with E-state index in [4.69, 9.17) is 9.47 Å². The zero-order valence-electron chi connectivity index (χ0n) is 22.9. The Morgan fingerprint density at radius 1 is 1.03 bits per heavy atom. The molecule has 6 nitrogen and oxygen atoms in total. The molecule has 0 radical (unpaired) electrons. The Bertz CT molecular complexity index is 1400. The molecule has 1 aliphatic rings. The summed E-state index contributed by atoms with van der Waals surface area (Å²) in [6.07, 6.45) is 3.07. The first kappa shape index (κ1) is 26.6. The number of piperidine rings is 1. The minimum Gasteiger partial charge on any atom is -0.497 e. The summed E-state index contributed by atoms with van der Waals surface area (Å²) in [5.41, 5.74) is 3.31. The third-order valence-electron chi connectivity index (χ3n) is 7.83. The monoisotopic (exact) mass is 533 g/mol. The van der Waals surface area contributed by atoms with Crippen LogP contribution < -0.4 is 15.2 Å². The van der Waals surface area contributed by atoms with Crippen LogP contribution in [-0.2, 0) is 6.54 Å². The Morgan fingerprint density at radius 3 is 2.47 bits per heavy atom. The predicted molar refractivity (Wildman–Crippen MR) is 156 cm³/mol. The maximum Gasteiger partial charge on any atom is 0.329 e. The van der Waals surface area contributed by atoms with Crippen LogP contribution in [0.3, 0.4) is 0 Å². The second-order valence-electron chi connectivity index (χ2n) is 10.7. The highest BCUT2D eigenvalue weighted by atomic mass is 32.1. The van der Waals surface area contributed by atoms with Crippen LogP contribution in [0.15, 0.2) is 64.8 Å². The quantitative estimate of drug-likeness (QED) is 0.238. The number of aromatic nitrogens is 2. The highest BCUT2D eigenvalue weighted by molar-refractivity contribution is 7.09. The molecule has 7 heteroatoms. The van der Waals surface area contributed by atoms with Crippen molar-refractivity contribution in [1.82, 2.24) is 14.0 Å². The highest BCUT2D eigenvalue weighted by Crippen LogP contribution is 2.29. The van der Waals surface area contributed by atoms with Gasteiger partial charge >= 0.3 is 5.69 Å². The second kappa shape index (κ2) is 11.8. The maximum absolute atomic E-state index is 13.6. The van der Waals surface area contributed by atoms with Crippen LogP contribution in [0.5, 0.6) is 11.5 Å².